The maximum atomic E-state index is 10.4. The van der Waals surface area contributed by atoms with E-state index in [0.29, 0.717) is 0 Å². The van der Waals surface area contributed by atoms with E-state index in [2.05, 4.69) is 13.8 Å². The van der Waals surface area contributed by atoms with Crippen molar-refractivity contribution in [3.05, 3.63) is 70.8 Å². The number of benzene rings is 2. The Morgan fingerprint density at radius 3 is 1.40 bits per heavy atom. The minimum absolute atomic E-state index is 0. The average Bonchev–Trinajstić information content (AvgIpc) is 2.56. The molecule has 0 aliphatic carbocycles. The second-order valence-electron chi connectivity index (χ2n) is 5.48. The molecule has 0 N–H and O–H groups in total. The Morgan fingerprint density at radius 2 is 1.12 bits per heavy atom. The van der Waals surface area contributed by atoms with Gasteiger partial charge in [0.2, 0.25) is 0 Å². The maximum Gasteiger partial charge on any atom is 2.00 e. The number of rotatable bonds is 6. The van der Waals surface area contributed by atoms with Crippen molar-refractivity contribution >= 4 is 39.2 Å². The van der Waals surface area contributed by atoms with Gasteiger partial charge >= 0.3 is 27.3 Å². The molecule has 2 aromatic rings. The van der Waals surface area contributed by atoms with Gasteiger partial charge in [-0.05, 0) is 47.2 Å². The molecule has 0 atom stereocenters. The summed E-state index contributed by atoms with van der Waals surface area (Å²) in [4.78, 5) is 20.9. The van der Waals surface area contributed by atoms with Gasteiger partial charge in [0.1, 0.15) is 0 Å². The molecule has 5 heteroatoms. The standard InChI is InChI=1S/2C10H12O2.Pb/c2*1-2-4-8-5-3-6-9(7-8)10(11)12;/h2*3,5-7H,2,4H2,1H3,(H,11,12);/q;;+2/p-2. The molecule has 0 heterocycles. The minimum Gasteiger partial charge on any atom is -0.545 e. The average molecular weight is 534 g/mol. The van der Waals surface area contributed by atoms with Crippen molar-refractivity contribution in [1.82, 2.24) is 0 Å². The van der Waals surface area contributed by atoms with Gasteiger partial charge in [-0.15, -0.1) is 0 Å². The third-order valence-corrected chi connectivity index (χ3v) is 3.40. The SMILES string of the molecule is CCCc1cccc(C(=O)[O-])c1.CCCc1cccc(C(=O)[O-])c1.[Pb+2]. The fourth-order valence-electron chi connectivity index (χ4n) is 2.28. The number of carbonyl (C=O) groups excluding carboxylic acids is 2. The van der Waals surface area contributed by atoms with Crippen LogP contribution in [0.2, 0.25) is 0 Å². The normalized spacial score (nSPS) is 9.36. The summed E-state index contributed by atoms with van der Waals surface area (Å²) in [7, 11) is 0. The molecular formula is C20H22O4Pb. The van der Waals surface area contributed by atoms with Crippen LogP contribution in [0.15, 0.2) is 48.5 Å². The molecule has 4 nitrogen and oxygen atoms in total. The van der Waals surface area contributed by atoms with Gasteiger partial charge in [0.25, 0.3) is 0 Å². The van der Waals surface area contributed by atoms with Crippen molar-refractivity contribution in [2.75, 3.05) is 0 Å². The first kappa shape index (κ1) is 23.3. The molecule has 0 saturated heterocycles. The molecule has 0 aliphatic rings. The summed E-state index contributed by atoms with van der Waals surface area (Å²) in [6.07, 6.45) is 3.88. The van der Waals surface area contributed by atoms with E-state index in [1.54, 1.807) is 36.4 Å². The number of hydrogen-bond acceptors (Lipinski definition) is 4. The fraction of sp³-hybridized carbons (Fsp3) is 0.300. The number of hydrogen-bond donors (Lipinski definition) is 0. The van der Waals surface area contributed by atoms with Gasteiger partial charge in [-0.2, -0.15) is 0 Å². The van der Waals surface area contributed by atoms with Crippen LogP contribution in [0.25, 0.3) is 0 Å². The summed E-state index contributed by atoms with van der Waals surface area (Å²) in [5.74, 6) is -2.21. The summed E-state index contributed by atoms with van der Waals surface area (Å²) in [6, 6.07) is 13.8. The zero-order chi connectivity index (χ0) is 17.9. The van der Waals surface area contributed by atoms with Gasteiger partial charge in [0.05, 0.1) is 11.9 Å². The molecule has 0 amide bonds. The molecule has 2 aromatic carbocycles. The van der Waals surface area contributed by atoms with E-state index in [9.17, 15) is 19.8 Å². The predicted molar refractivity (Wildman–Crippen MR) is 95.3 cm³/mol. The van der Waals surface area contributed by atoms with E-state index in [1.807, 2.05) is 12.1 Å². The van der Waals surface area contributed by atoms with E-state index in [1.165, 1.54) is 0 Å². The first-order chi connectivity index (χ1) is 11.5. The predicted octanol–water partition coefficient (Wildman–Crippen LogP) is 1.62. The van der Waals surface area contributed by atoms with Crippen molar-refractivity contribution in [2.24, 2.45) is 0 Å². The molecule has 2 radical (unpaired) electrons. The molecule has 0 bridgehead atoms. The van der Waals surface area contributed by atoms with Crippen LogP contribution in [0.3, 0.4) is 0 Å². The first-order valence-electron chi connectivity index (χ1n) is 8.08. The van der Waals surface area contributed by atoms with Gasteiger partial charge in [-0.1, -0.05) is 63.1 Å². The van der Waals surface area contributed by atoms with Gasteiger partial charge in [-0.25, -0.2) is 0 Å². The number of aryl methyl sites for hydroxylation is 2. The number of aromatic carboxylic acids is 2. The van der Waals surface area contributed by atoms with Gasteiger partial charge in [-0.3, -0.25) is 0 Å². The maximum absolute atomic E-state index is 10.4. The molecule has 0 spiro atoms. The topological polar surface area (TPSA) is 80.3 Å². The van der Waals surface area contributed by atoms with Crippen molar-refractivity contribution in [2.45, 2.75) is 39.5 Å². The van der Waals surface area contributed by atoms with Crippen LogP contribution in [0.5, 0.6) is 0 Å². The molecule has 25 heavy (non-hydrogen) atoms. The van der Waals surface area contributed by atoms with E-state index in [0.717, 1.165) is 36.8 Å². The van der Waals surface area contributed by atoms with Crippen LogP contribution in [-0.2, 0) is 12.8 Å². The molecular weight excluding hydrogens is 511 g/mol. The van der Waals surface area contributed by atoms with Gasteiger partial charge in [0, 0.05) is 0 Å². The summed E-state index contributed by atoms with van der Waals surface area (Å²) < 4.78 is 0. The largest absolute Gasteiger partial charge is 2.00 e. The molecule has 130 valence electrons. The van der Waals surface area contributed by atoms with E-state index < -0.39 is 11.9 Å². The second kappa shape index (κ2) is 12.6. The van der Waals surface area contributed by atoms with Crippen molar-refractivity contribution in [3.8, 4) is 0 Å². The molecule has 0 fully saturated rings. The Hall–Kier alpha value is -1.70. The molecule has 2 rings (SSSR count). The van der Waals surface area contributed by atoms with E-state index >= 15 is 0 Å². The summed E-state index contributed by atoms with van der Waals surface area (Å²) in [6.45, 7) is 4.12. The smallest absolute Gasteiger partial charge is 0.545 e. The van der Waals surface area contributed by atoms with Crippen LogP contribution in [0.4, 0.5) is 0 Å². The Labute approximate surface area is 169 Å². The van der Waals surface area contributed by atoms with E-state index in [4.69, 9.17) is 0 Å². The summed E-state index contributed by atoms with van der Waals surface area (Å²) in [5, 5.41) is 20.9. The minimum atomic E-state index is -1.10. The fourth-order valence-corrected chi connectivity index (χ4v) is 2.28. The number of carbonyl (C=O) groups is 2. The Kier molecular flexibility index (Phi) is 11.8. The zero-order valence-electron chi connectivity index (χ0n) is 14.6. The Balaban J connectivity index is 0.000000443. The van der Waals surface area contributed by atoms with Crippen LogP contribution < -0.4 is 10.2 Å². The van der Waals surface area contributed by atoms with Crippen LogP contribution >= 0.6 is 0 Å². The first-order valence-corrected chi connectivity index (χ1v) is 8.08. The van der Waals surface area contributed by atoms with Crippen LogP contribution in [-0.4, -0.2) is 39.2 Å². The third kappa shape index (κ3) is 8.81. The Morgan fingerprint density at radius 1 is 0.760 bits per heavy atom. The third-order valence-electron chi connectivity index (χ3n) is 3.40. The van der Waals surface area contributed by atoms with Crippen LogP contribution in [0, 0.1) is 0 Å². The van der Waals surface area contributed by atoms with Crippen LogP contribution in [0.1, 0.15) is 58.5 Å². The molecule has 0 aliphatic heterocycles. The van der Waals surface area contributed by atoms with Crippen molar-refractivity contribution in [3.63, 3.8) is 0 Å². The summed E-state index contributed by atoms with van der Waals surface area (Å²) >= 11 is 0. The second-order valence-corrected chi connectivity index (χ2v) is 5.48. The van der Waals surface area contributed by atoms with Crippen molar-refractivity contribution in [1.29, 1.82) is 0 Å². The van der Waals surface area contributed by atoms with Gasteiger partial charge < -0.3 is 19.8 Å². The number of carboxylic acid groups (broad SMARTS) is 2. The molecule has 0 unspecified atom stereocenters. The molecule has 0 saturated carbocycles. The zero-order valence-corrected chi connectivity index (χ0v) is 18.5. The number of carboxylic acids is 2. The molecule has 0 aromatic heterocycles. The van der Waals surface area contributed by atoms with Crippen molar-refractivity contribution < 1.29 is 19.8 Å². The monoisotopic (exact) mass is 534 g/mol. The van der Waals surface area contributed by atoms with Gasteiger partial charge in [0.15, 0.2) is 0 Å². The Bertz CT molecular complexity index is 623. The van der Waals surface area contributed by atoms with E-state index in [-0.39, 0.29) is 38.4 Å². The quantitative estimate of drug-likeness (QED) is 0.529. The summed E-state index contributed by atoms with van der Waals surface area (Å²) in [5.41, 5.74) is 2.64.